The maximum atomic E-state index is 4.95. The third-order valence-electron chi connectivity index (χ3n) is 0.805. The van der Waals surface area contributed by atoms with Crippen molar-refractivity contribution in [3.8, 4) is 0 Å². The van der Waals surface area contributed by atoms with Gasteiger partial charge < -0.3 is 4.42 Å². The molecular formula is C5H5BrOS. The van der Waals surface area contributed by atoms with Crippen LogP contribution >= 0.6 is 27.7 Å². The van der Waals surface area contributed by atoms with Crippen LogP contribution in [0.25, 0.3) is 0 Å². The Morgan fingerprint density at radius 1 is 1.75 bits per heavy atom. The first-order valence-electron chi connectivity index (χ1n) is 2.11. The molecule has 1 nitrogen and oxygen atoms in total. The van der Waals surface area contributed by atoms with E-state index in [-0.39, 0.29) is 0 Å². The summed E-state index contributed by atoms with van der Waals surface area (Å²) in [6.45, 7) is 0. The molecule has 0 aliphatic heterocycles. The molecule has 0 saturated carbocycles. The minimum atomic E-state index is 0.824. The zero-order chi connectivity index (χ0) is 5.98. The van der Waals surface area contributed by atoms with E-state index < -0.39 is 0 Å². The Morgan fingerprint density at radius 2 is 2.50 bits per heavy atom. The zero-order valence-electron chi connectivity index (χ0n) is 4.35. The van der Waals surface area contributed by atoms with Gasteiger partial charge in [-0.1, -0.05) is 0 Å². The number of hydrogen-bond donors (Lipinski definition) is 0. The fraction of sp³-hybridized carbons (Fsp3) is 0.200. The summed E-state index contributed by atoms with van der Waals surface area (Å²) in [5.41, 5.74) is 0. The molecule has 0 atom stereocenters. The number of rotatable bonds is 1. The van der Waals surface area contributed by atoms with Crippen molar-refractivity contribution < 1.29 is 4.42 Å². The molecule has 3 heteroatoms. The lowest BCUT2D eigenvalue weighted by Gasteiger charge is -1.84. The van der Waals surface area contributed by atoms with Crippen LogP contribution in [-0.2, 0) is 0 Å². The topological polar surface area (TPSA) is 13.1 Å². The molecule has 0 saturated heterocycles. The summed E-state index contributed by atoms with van der Waals surface area (Å²) < 4.78 is 5.78. The molecule has 1 rings (SSSR count). The van der Waals surface area contributed by atoms with E-state index in [1.54, 1.807) is 18.0 Å². The standard InChI is InChI=1S/C5H5BrOS/c1-8-4-2-3-7-5(4)6/h2-3H,1H3. The van der Waals surface area contributed by atoms with Crippen molar-refractivity contribution in [1.82, 2.24) is 0 Å². The highest BCUT2D eigenvalue weighted by molar-refractivity contribution is 9.10. The minimum Gasteiger partial charge on any atom is -0.456 e. The predicted octanol–water partition coefficient (Wildman–Crippen LogP) is 2.76. The lowest BCUT2D eigenvalue weighted by Crippen LogP contribution is -1.57. The number of hydrogen-bond acceptors (Lipinski definition) is 2. The Morgan fingerprint density at radius 3 is 2.75 bits per heavy atom. The van der Waals surface area contributed by atoms with Gasteiger partial charge in [0.1, 0.15) is 0 Å². The summed E-state index contributed by atoms with van der Waals surface area (Å²) in [6.07, 6.45) is 3.67. The van der Waals surface area contributed by atoms with Gasteiger partial charge in [-0.25, -0.2) is 0 Å². The average Bonchev–Trinajstić information content (AvgIpc) is 2.14. The molecule has 0 N–H and O–H groups in total. The molecule has 0 amide bonds. The van der Waals surface area contributed by atoms with Gasteiger partial charge in [0.15, 0.2) is 4.67 Å². The summed E-state index contributed by atoms with van der Waals surface area (Å²) in [7, 11) is 0. The first-order chi connectivity index (χ1) is 3.84. The van der Waals surface area contributed by atoms with E-state index in [2.05, 4.69) is 15.9 Å². The van der Waals surface area contributed by atoms with E-state index in [9.17, 15) is 0 Å². The molecular weight excluding hydrogens is 188 g/mol. The van der Waals surface area contributed by atoms with Crippen LogP contribution in [-0.4, -0.2) is 6.26 Å². The highest BCUT2D eigenvalue weighted by Crippen LogP contribution is 2.25. The van der Waals surface area contributed by atoms with Gasteiger partial charge in [0.25, 0.3) is 0 Å². The maximum Gasteiger partial charge on any atom is 0.182 e. The normalized spacial score (nSPS) is 9.75. The van der Waals surface area contributed by atoms with Gasteiger partial charge in [-0.3, -0.25) is 0 Å². The van der Waals surface area contributed by atoms with Crippen LogP contribution in [0.1, 0.15) is 0 Å². The molecule has 0 aromatic carbocycles. The largest absolute Gasteiger partial charge is 0.456 e. The highest BCUT2D eigenvalue weighted by Gasteiger charge is 1.97. The van der Waals surface area contributed by atoms with E-state index in [1.807, 2.05) is 12.3 Å². The molecule has 8 heavy (non-hydrogen) atoms. The number of thioether (sulfide) groups is 1. The summed E-state index contributed by atoms with van der Waals surface area (Å²) in [4.78, 5) is 1.14. The lowest BCUT2D eigenvalue weighted by atomic mass is 10.7. The molecule has 0 spiro atoms. The van der Waals surface area contributed by atoms with E-state index in [1.165, 1.54) is 0 Å². The first kappa shape index (κ1) is 6.23. The minimum absolute atomic E-state index is 0.824. The Hall–Kier alpha value is 0.110. The van der Waals surface area contributed by atoms with Crippen molar-refractivity contribution in [3.05, 3.63) is 17.0 Å². The molecule has 1 aromatic heterocycles. The van der Waals surface area contributed by atoms with Crippen molar-refractivity contribution in [2.24, 2.45) is 0 Å². The van der Waals surface area contributed by atoms with E-state index in [0.29, 0.717) is 0 Å². The lowest BCUT2D eigenvalue weighted by molar-refractivity contribution is 0.534. The maximum absolute atomic E-state index is 4.95. The quantitative estimate of drug-likeness (QED) is 0.636. The van der Waals surface area contributed by atoms with Crippen molar-refractivity contribution in [1.29, 1.82) is 0 Å². The van der Waals surface area contributed by atoms with Crippen molar-refractivity contribution >= 4 is 27.7 Å². The summed E-state index contributed by atoms with van der Waals surface area (Å²) >= 11 is 4.90. The molecule has 1 aromatic rings. The second-order valence-corrected chi connectivity index (χ2v) is 2.83. The van der Waals surface area contributed by atoms with Gasteiger partial charge in [0.2, 0.25) is 0 Å². The van der Waals surface area contributed by atoms with Crippen LogP contribution in [0.2, 0.25) is 0 Å². The number of furan rings is 1. The predicted molar refractivity (Wildman–Crippen MR) is 38.2 cm³/mol. The third-order valence-corrected chi connectivity index (χ3v) is 2.44. The van der Waals surface area contributed by atoms with Crippen LogP contribution in [0.4, 0.5) is 0 Å². The summed E-state index contributed by atoms with van der Waals surface area (Å²) in [5.74, 6) is 0. The van der Waals surface area contributed by atoms with Gasteiger partial charge in [0.05, 0.1) is 11.2 Å². The van der Waals surface area contributed by atoms with Crippen LogP contribution < -0.4 is 0 Å². The van der Waals surface area contributed by atoms with E-state index in [0.717, 1.165) is 9.56 Å². The van der Waals surface area contributed by atoms with E-state index >= 15 is 0 Å². The van der Waals surface area contributed by atoms with Crippen LogP contribution in [0.3, 0.4) is 0 Å². The SMILES string of the molecule is CSc1ccoc1Br. The average molecular weight is 193 g/mol. The van der Waals surface area contributed by atoms with Crippen LogP contribution in [0.5, 0.6) is 0 Å². The Bertz CT molecular complexity index is 173. The molecule has 44 valence electrons. The van der Waals surface area contributed by atoms with Crippen molar-refractivity contribution in [2.45, 2.75) is 4.90 Å². The van der Waals surface area contributed by atoms with Crippen LogP contribution in [0, 0.1) is 0 Å². The first-order valence-corrected chi connectivity index (χ1v) is 4.13. The van der Waals surface area contributed by atoms with Gasteiger partial charge in [-0.2, -0.15) is 0 Å². The van der Waals surface area contributed by atoms with Gasteiger partial charge in [-0.15, -0.1) is 11.8 Å². The smallest absolute Gasteiger partial charge is 0.182 e. The molecule has 0 radical (unpaired) electrons. The molecule has 0 aliphatic carbocycles. The highest BCUT2D eigenvalue weighted by atomic mass is 79.9. The fourth-order valence-electron chi connectivity index (χ4n) is 0.427. The van der Waals surface area contributed by atoms with E-state index in [4.69, 9.17) is 4.42 Å². The Balaban J connectivity index is 2.92. The third kappa shape index (κ3) is 1.09. The zero-order valence-corrected chi connectivity index (χ0v) is 6.75. The monoisotopic (exact) mass is 192 g/mol. The second-order valence-electron chi connectivity index (χ2n) is 1.26. The second kappa shape index (κ2) is 2.60. The summed E-state index contributed by atoms with van der Waals surface area (Å²) in [5, 5.41) is 0. The van der Waals surface area contributed by atoms with Crippen molar-refractivity contribution in [3.63, 3.8) is 0 Å². The van der Waals surface area contributed by atoms with Crippen LogP contribution in [0.15, 0.2) is 26.3 Å². The molecule has 0 aliphatic rings. The van der Waals surface area contributed by atoms with Gasteiger partial charge >= 0.3 is 0 Å². The number of halogens is 1. The van der Waals surface area contributed by atoms with Gasteiger partial charge in [-0.05, 0) is 28.3 Å². The molecule has 0 fully saturated rings. The Labute approximate surface area is 60.6 Å². The molecule has 1 heterocycles. The van der Waals surface area contributed by atoms with Crippen molar-refractivity contribution in [2.75, 3.05) is 6.26 Å². The fourth-order valence-corrected chi connectivity index (χ4v) is 1.55. The molecule has 0 bridgehead atoms. The Kier molecular flexibility index (Phi) is 2.02. The molecule has 0 unspecified atom stereocenters. The summed E-state index contributed by atoms with van der Waals surface area (Å²) in [6, 6.07) is 1.93. The van der Waals surface area contributed by atoms with Gasteiger partial charge in [0, 0.05) is 0 Å².